The number of amides is 2. The molecule has 0 saturated heterocycles. The van der Waals surface area contributed by atoms with E-state index in [1.807, 2.05) is 72.8 Å². The Balaban J connectivity index is 1.60. The molecule has 0 aliphatic heterocycles. The molecule has 0 fully saturated rings. The Morgan fingerprint density at radius 2 is 1.46 bits per heavy atom. The molecule has 0 aliphatic rings. The molecule has 2 amide bonds. The highest BCUT2D eigenvalue weighted by Crippen LogP contribution is 2.18. The van der Waals surface area contributed by atoms with Gasteiger partial charge in [-0.05, 0) is 53.1 Å². The second kappa shape index (κ2) is 13.2. The lowest BCUT2D eigenvalue weighted by Crippen LogP contribution is -2.51. The van der Waals surface area contributed by atoms with Crippen LogP contribution in [0.5, 0.6) is 5.75 Å². The number of pyridine rings is 1. The van der Waals surface area contributed by atoms with Crippen molar-refractivity contribution in [3.05, 3.63) is 131 Å². The van der Waals surface area contributed by atoms with Crippen LogP contribution in [0.1, 0.15) is 16.7 Å². The second-order valence-corrected chi connectivity index (χ2v) is 8.97. The Hall–Kier alpha value is -4.16. The molecular weight excluding hydrogens is 486 g/mol. The van der Waals surface area contributed by atoms with Crippen molar-refractivity contribution in [2.24, 2.45) is 0 Å². The maximum Gasteiger partial charge on any atom is 0.261 e. The number of carbonyl (C=O) groups is 2. The highest BCUT2D eigenvalue weighted by molar-refractivity contribution is 6.30. The molecule has 0 aliphatic carbocycles. The number of ether oxygens (including phenoxy) is 1. The van der Waals surface area contributed by atoms with Crippen LogP contribution in [-0.2, 0) is 29.1 Å². The standard InChI is InChI=1S/C30H28ClN3O3/c31-26-13-11-25(12-14-26)21-34(29(35)22-37-27-9-5-2-6-10-27)28(19-23-7-3-1-4-8-23)30(36)33-20-24-15-17-32-18-16-24/h1-18,28H,19-22H2,(H,33,36)/t28-/m0/s1. The van der Waals surface area contributed by atoms with Crippen LogP contribution in [0, 0.1) is 0 Å². The van der Waals surface area contributed by atoms with Crippen LogP contribution in [0.4, 0.5) is 0 Å². The first-order valence-corrected chi connectivity index (χ1v) is 12.4. The molecular formula is C30H28ClN3O3. The van der Waals surface area contributed by atoms with E-state index < -0.39 is 6.04 Å². The predicted octanol–water partition coefficient (Wildman–Crippen LogP) is 5.07. The minimum Gasteiger partial charge on any atom is -0.484 e. The zero-order valence-corrected chi connectivity index (χ0v) is 21.1. The summed E-state index contributed by atoms with van der Waals surface area (Å²) in [5.41, 5.74) is 2.73. The van der Waals surface area contributed by atoms with Crippen LogP contribution in [0.25, 0.3) is 0 Å². The van der Waals surface area contributed by atoms with Gasteiger partial charge in [-0.1, -0.05) is 72.3 Å². The molecule has 1 heterocycles. The summed E-state index contributed by atoms with van der Waals surface area (Å²) in [5, 5.41) is 3.60. The average molecular weight is 514 g/mol. The number of hydrogen-bond acceptors (Lipinski definition) is 4. The maximum absolute atomic E-state index is 13.6. The number of rotatable bonds is 11. The summed E-state index contributed by atoms with van der Waals surface area (Å²) < 4.78 is 5.76. The van der Waals surface area contributed by atoms with Crippen molar-refractivity contribution >= 4 is 23.4 Å². The first-order valence-electron chi connectivity index (χ1n) is 12.0. The summed E-state index contributed by atoms with van der Waals surface area (Å²) in [6, 6.07) is 29.0. The third-order valence-electron chi connectivity index (χ3n) is 5.86. The van der Waals surface area contributed by atoms with Crippen molar-refractivity contribution in [2.45, 2.75) is 25.6 Å². The van der Waals surface area contributed by atoms with E-state index in [9.17, 15) is 9.59 Å². The Bertz CT molecular complexity index is 1270. The van der Waals surface area contributed by atoms with Gasteiger partial charge in [-0.15, -0.1) is 0 Å². The van der Waals surface area contributed by atoms with E-state index in [1.165, 1.54) is 0 Å². The first-order chi connectivity index (χ1) is 18.1. The number of aromatic nitrogens is 1. The van der Waals surface area contributed by atoms with Crippen LogP contribution >= 0.6 is 11.6 Å². The fourth-order valence-corrected chi connectivity index (χ4v) is 4.02. The quantitative estimate of drug-likeness (QED) is 0.304. The SMILES string of the molecule is O=C(NCc1ccncc1)[C@H](Cc1ccccc1)N(Cc1ccc(Cl)cc1)C(=O)COc1ccccc1. The summed E-state index contributed by atoms with van der Waals surface area (Å²) in [5.74, 6) is 0.0468. The van der Waals surface area contributed by atoms with Gasteiger partial charge in [0.05, 0.1) is 0 Å². The molecule has 0 bridgehead atoms. The predicted molar refractivity (Wildman–Crippen MR) is 144 cm³/mol. The first kappa shape index (κ1) is 25.9. The summed E-state index contributed by atoms with van der Waals surface area (Å²) >= 11 is 6.08. The molecule has 6 nitrogen and oxygen atoms in total. The molecule has 0 saturated carbocycles. The normalized spacial score (nSPS) is 11.4. The van der Waals surface area contributed by atoms with E-state index in [0.717, 1.165) is 16.7 Å². The van der Waals surface area contributed by atoms with Gasteiger partial charge in [0.25, 0.3) is 5.91 Å². The van der Waals surface area contributed by atoms with Gasteiger partial charge in [0, 0.05) is 36.9 Å². The van der Waals surface area contributed by atoms with E-state index in [0.29, 0.717) is 23.7 Å². The van der Waals surface area contributed by atoms with E-state index in [4.69, 9.17) is 16.3 Å². The van der Waals surface area contributed by atoms with Crippen LogP contribution in [-0.4, -0.2) is 34.3 Å². The van der Waals surface area contributed by atoms with Gasteiger partial charge in [0.1, 0.15) is 11.8 Å². The number of nitrogens with one attached hydrogen (secondary N) is 1. The van der Waals surface area contributed by atoms with Crippen molar-refractivity contribution in [2.75, 3.05) is 6.61 Å². The van der Waals surface area contributed by atoms with Crippen molar-refractivity contribution in [1.29, 1.82) is 0 Å². The largest absolute Gasteiger partial charge is 0.484 e. The summed E-state index contributed by atoms with van der Waals surface area (Å²) in [6.07, 6.45) is 3.72. The lowest BCUT2D eigenvalue weighted by molar-refractivity contribution is -0.142. The van der Waals surface area contributed by atoms with E-state index >= 15 is 0 Å². The van der Waals surface area contributed by atoms with Crippen molar-refractivity contribution in [3.63, 3.8) is 0 Å². The van der Waals surface area contributed by atoms with Crippen molar-refractivity contribution in [3.8, 4) is 5.75 Å². The number of para-hydroxylation sites is 1. The topological polar surface area (TPSA) is 71.5 Å². The minimum atomic E-state index is -0.758. The average Bonchev–Trinajstić information content (AvgIpc) is 2.95. The van der Waals surface area contributed by atoms with Gasteiger partial charge in [0.2, 0.25) is 5.91 Å². The zero-order chi connectivity index (χ0) is 25.9. The number of hydrogen-bond donors (Lipinski definition) is 1. The molecule has 4 aromatic rings. The number of nitrogens with zero attached hydrogens (tertiary/aromatic N) is 2. The minimum absolute atomic E-state index is 0.194. The van der Waals surface area contributed by atoms with Gasteiger partial charge in [-0.25, -0.2) is 0 Å². The molecule has 7 heteroatoms. The monoisotopic (exact) mass is 513 g/mol. The molecule has 1 N–H and O–H groups in total. The molecule has 1 atom stereocenters. The van der Waals surface area contributed by atoms with Crippen LogP contribution < -0.4 is 10.1 Å². The van der Waals surface area contributed by atoms with Crippen LogP contribution in [0.2, 0.25) is 5.02 Å². The Morgan fingerprint density at radius 1 is 0.811 bits per heavy atom. The smallest absolute Gasteiger partial charge is 0.261 e. The van der Waals surface area contributed by atoms with Crippen molar-refractivity contribution in [1.82, 2.24) is 15.2 Å². The third kappa shape index (κ3) is 7.92. The van der Waals surface area contributed by atoms with Crippen LogP contribution in [0.3, 0.4) is 0 Å². The molecule has 4 rings (SSSR count). The Labute approximate surface area is 221 Å². The fraction of sp³-hybridized carbons (Fsp3) is 0.167. The summed E-state index contributed by atoms with van der Waals surface area (Å²) in [6.45, 7) is 0.366. The fourth-order valence-electron chi connectivity index (χ4n) is 3.89. The third-order valence-corrected chi connectivity index (χ3v) is 6.11. The molecule has 188 valence electrons. The Kier molecular flexibility index (Phi) is 9.27. The number of carbonyl (C=O) groups excluding carboxylic acids is 2. The van der Waals surface area contributed by atoms with E-state index in [2.05, 4.69) is 10.3 Å². The van der Waals surface area contributed by atoms with E-state index in [1.54, 1.807) is 41.6 Å². The van der Waals surface area contributed by atoms with Crippen LogP contribution in [0.15, 0.2) is 109 Å². The number of halogens is 1. The lowest BCUT2D eigenvalue weighted by atomic mass is 10.0. The van der Waals surface area contributed by atoms with Gasteiger partial charge < -0.3 is 15.0 Å². The Morgan fingerprint density at radius 3 is 2.14 bits per heavy atom. The van der Waals surface area contributed by atoms with E-state index in [-0.39, 0.29) is 25.0 Å². The molecule has 1 aromatic heterocycles. The van der Waals surface area contributed by atoms with Gasteiger partial charge in [-0.3, -0.25) is 14.6 Å². The lowest BCUT2D eigenvalue weighted by Gasteiger charge is -2.31. The van der Waals surface area contributed by atoms with Gasteiger partial charge in [0.15, 0.2) is 6.61 Å². The highest BCUT2D eigenvalue weighted by Gasteiger charge is 2.30. The molecule has 37 heavy (non-hydrogen) atoms. The summed E-state index contributed by atoms with van der Waals surface area (Å²) in [7, 11) is 0. The zero-order valence-electron chi connectivity index (χ0n) is 20.3. The highest BCUT2D eigenvalue weighted by atomic mass is 35.5. The number of benzene rings is 3. The molecule has 3 aromatic carbocycles. The molecule has 0 unspecified atom stereocenters. The second-order valence-electron chi connectivity index (χ2n) is 8.53. The summed E-state index contributed by atoms with van der Waals surface area (Å²) in [4.78, 5) is 32.8. The van der Waals surface area contributed by atoms with Gasteiger partial charge in [-0.2, -0.15) is 0 Å². The molecule has 0 spiro atoms. The van der Waals surface area contributed by atoms with Gasteiger partial charge >= 0.3 is 0 Å². The maximum atomic E-state index is 13.6. The molecule has 0 radical (unpaired) electrons. The van der Waals surface area contributed by atoms with Crippen molar-refractivity contribution < 1.29 is 14.3 Å².